The van der Waals surface area contributed by atoms with Crippen LogP contribution in [0.1, 0.15) is 32.0 Å². The summed E-state index contributed by atoms with van der Waals surface area (Å²) in [5, 5.41) is -0.0323. The largest absolute Gasteiger partial charge is 0.293 e. The minimum Gasteiger partial charge on any atom is -0.293 e. The van der Waals surface area contributed by atoms with Gasteiger partial charge in [0.25, 0.3) is 0 Å². The molecule has 1 aromatic heterocycles. The highest BCUT2D eigenvalue weighted by Gasteiger charge is 2.24. The molecule has 0 aromatic carbocycles. The first-order chi connectivity index (χ1) is 8.42. The van der Waals surface area contributed by atoms with E-state index in [1.54, 1.807) is 13.1 Å². The zero-order chi connectivity index (χ0) is 13.3. The smallest absolute Gasteiger partial charge is 0.247 e. The first-order valence-corrected chi connectivity index (χ1v) is 7.87. The van der Waals surface area contributed by atoms with Gasteiger partial charge in [-0.2, -0.15) is 0 Å². The lowest BCUT2D eigenvalue weighted by atomic mass is 10.2. The van der Waals surface area contributed by atoms with Crippen molar-refractivity contribution in [2.24, 2.45) is 5.92 Å². The van der Waals surface area contributed by atoms with Crippen LogP contribution < -0.4 is 0 Å². The van der Waals surface area contributed by atoms with Gasteiger partial charge in [-0.25, -0.2) is 18.4 Å². The Hall–Kier alpha value is -1.01. The van der Waals surface area contributed by atoms with E-state index >= 15 is 0 Å². The molecule has 2 heterocycles. The molecule has 100 valence electrons. The van der Waals surface area contributed by atoms with E-state index in [1.165, 1.54) is 0 Å². The van der Waals surface area contributed by atoms with Crippen LogP contribution in [0.3, 0.4) is 0 Å². The summed E-state index contributed by atoms with van der Waals surface area (Å²) < 4.78 is 23.4. The van der Waals surface area contributed by atoms with E-state index in [2.05, 4.69) is 28.7 Å². The van der Waals surface area contributed by atoms with Crippen molar-refractivity contribution in [3.8, 4) is 0 Å². The molecule has 0 atom stereocenters. The van der Waals surface area contributed by atoms with Crippen molar-refractivity contribution in [3.63, 3.8) is 0 Å². The Balaban J connectivity index is 2.23. The second-order valence-corrected chi connectivity index (χ2v) is 7.26. The molecule has 6 heteroatoms. The predicted molar refractivity (Wildman–Crippen MR) is 68.7 cm³/mol. The topological polar surface area (TPSA) is 63.2 Å². The molecular formula is C12H19N3O2S. The van der Waals surface area contributed by atoms with Gasteiger partial charge in [0, 0.05) is 31.4 Å². The van der Waals surface area contributed by atoms with Crippen molar-refractivity contribution in [3.05, 3.63) is 17.5 Å². The quantitative estimate of drug-likeness (QED) is 0.770. The summed E-state index contributed by atoms with van der Waals surface area (Å²) in [4.78, 5) is 10.5. The van der Waals surface area contributed by atoms with E-state index in [0.29, 0.717) is 5.92 Å². The minimum atomic E-state index is -3.30. The van der Waals surface area contributed by atoms with Crippen molar-refractivity contribution in [2.45, 2.75) is 39.0 Å². The van der Waals surface area contributed by atoms with Crippen molar-refractivity contribution in [1.29, 1.82) is 0 Å². The summed E-state index contributed by atoms with van der Waals surface area (Å²) in [6.45, 7) is 8.48. The lowest BCUT2D eigenvalue weighted by Gasteiger charge is -2.16. The van der Waals surface area contributed by atoms with Gasteiger partial charge in [0.2, 0.25) is 15.0 Å². The normalized spacial score (nSPS) is 16.2. The van der Waals surface area contributed by atoms with E-state index in [0.717, 1.165) is 30.9 Å². The molecule has 0 radical (unpaired) electrons. The van der Waals surface area contributed by atoms with Crippen LogP contribution in [0.25, 0.3) is 0 Å². The van der Waals surface area contributed by atoms with E-state index < -0.39 is 9.84 Å². The molecule has 0 unspecified atom stereocenters. The molecule has 1 aliphatic heterocycles. The molecule has 0 spiro atoms. The third-order valence-electron chi connectivity index (χ3n) is 2.98. The average molecular weight is 269 g/mol. The van der Waals surface area contributed by atoms with Gasteiger partial charge in [-0.3, -0.25) is 4.90 Å². The summed E-state index contributed by atoms with van der Waals surface area (Å²) in [5.41, 5.74) is 1.91. The lowest BCUT2D eigenvalue weighted by Crippen LogP contribution is -2.21. The van der Waals surface area contributed by atoms with Gasteiger partial charge < -0.3 is 0 Å². The monoisotopic (exact) mass is 269 g/mol. The molecule has 0 aliphatic carbocycles. The van der Waals surface area contributed by atoms with Crippen LogP contribution in [0.2, 0.25) is 0 Å². The predicted octanol–water partition coefficient (Wildman–Crippen LogP) is 1.24. The van der Waals surface area contributed by atoms with Gasteiger partial charge >= 0.3 is 0 Å². The molecule has 2 rings (SSSR count). The number of sulfone groups is 1. The summed E-state index contributed by atoms with van der Waals surface area (Å²) >= 11 is 0. The molecule has 0 saturated heterocycles. The molecule has 1 aromatic rings. The number of rotatable bonds is 4. The number of aromatic nitrogens is 2. The van der Waals surface area contributed by atoms with E-state index in [1.807, 2.05) is 0 Å². The van der Waals surface area contributed by atoms with Crippen LogP contribution in [0.4, 0.5) is 0 Å². The number of fused-ring (bicyclic) bond motifs is 1. The first kappa shape index (κ1) is 13.4. The molecule has 0 saturated carbocycles. The fourth-order valence-corrected chi connectivity index (χ4v) is 2.85. The highest BCUT2D eigenvalue weighted by atomic mass is 32.2. The van der Waals surface area contributed by atoms with Crippen molar-refractivity contribution < 1.29 is 8.42 Å². The van der Waals surface area contributed by atoms with Crippen molar-refractivity contribution in [1.82, 2.24) is 14.9 Å². The average Bonchev–Trinajstić information content (AvgIpc) is 2.68. The van der Waals surface area contributed by atoms with Crippen molar-refractivity contribution in [2.75, 3.05) is 12.3 Å². The third-order valence-corrected chi connectivity index (χ3v) is 4.49. The Bertz CT molecular complexity index is 540. The fourth-order valence-electron chi connectivity index (χ4n) is 2.13. The van der Waals surface area contributed by atoms with Gasteiger partial charge in [0.1, 0.15) is 0 Å². The van der Waals surface area contributed by atoms with Crippen LogP contribution in [0.15, 0.2) is 11.4 Å². The zero-order valence-electron chi connectivity index (χ0n) is 11.0. The number of hydrogen-bond acceptors (Lipinski definition) is 5. The van der Waals surface area contributed by atoms with Gasteiger partial charge in [0.15, 0.2) is 0 Å². The number of hydrogen-bond donors (Lipinski definition) is 0. The minimum absolute atomic E-state index is 0.0323. The maximum Gasteiger partial charge on any atom is 0.247 e. The van der Waals surface area contributed by atoms with Gasteiger partial charge in [-0.1, -0.05) is 20.8 Å². The lowest BCUT2D eigenvalue weighted by molar-refractivity contribution is 0.250. The van der Waals surface area contributed by atoms with Crippen LogP contribution >= 0.6 is 0 Å². The standard InChI is InChI=1S/C12H19N3O2S/c1-4-18(16,17)12-13-5-10-7-15(6-9(2)3)8-11(10)14-12/h5,9H,4,6-8H2,1-3H3. The summed E-state index contributed by atoms with van der Waals surface area (Å²) in [6, 6.07) is 0. The summed E-state index contributed by atoms with van der Waals surface area (Å²) in [5.74, 6) is 0.632. The Morgan fingerprint density at radius 2 is 2.11 bits per heavy atom. The molecule has 0 bridgehead atoms. The maximum absolute atomic E-state index is 11.7. The van der Waals surface area contributed by atoms with Crippen LogP contribution in [-0.2, 0) is 22.9 Å². The number of nitrogens with zero attached hydrogens (tertiary/aromatic N) is 3. The Morgan fingerprint density at radius 1 is 1.39 bits per heavy atom. The highest BCUT2D eigenvalue weighted by molar-refractivity contribution is 7.91. The van der Waals surface area contributed by atoms with Crippen molar-refractivity contribution >= 4 is 9.84 Å². The molecule has 0 fully saturated rings. The second-order valence-electron chi connectivity index (χ2n) is 5.09. The molecule has 0 N–H and O–H groups in total. The highest BCUT2D eigenvalue weighted by Crippen LogP contribution is 2.22. The second kappa shape index (κ2) is 4.93. The van der Waals surface area contributed by atoms with E-state index in [4.69, 9.17) is 0 Å². The molecule has 1 aliphatic rings. The Morgan fingerprint density at radius 3 is 2.72 bits per heavy atom. The third kappa shape index (κ3) is 2.70. The van der Waals surface area contributed by atoms with Gasteiger partial charge in [-0.05, 0) is 5.92 Å². The van der Waals surface area contributed by atoms with Gasteiger partial charge in [-0.15, -0.1) is 0 Å². The van der Waals surface area contributed by atoms with Crippen LogP contribution in [0.5, 0.6) is 0 Å². The first-order valence-electron chi connectivity index (χ1n) is 6.22. The van der Waals surface area contributed by atoms with E-state index in [9.17, 15) is 8.42 Å². The Kier molecular flexibility index (Phi) is 3.68. The van der Waals surface area contributed by atoms with E-state index in [-0.39, 0.29) is 10.9 Å². The Labute approximate surface area is 108 Å². The van der Waals surface area contributed by atoms with Crippen LogP contribution in [-0.4, -0.2) is 35.6 Å². The molecule has 0 amide bonds. The maximum atomic E-state index is 11.7. The summed E-state index contributed by atoms with van der Waals surface area (Å²) in [7, 11) is -3.30. The SMILES string of the molecule is CCS(=O)(=O)c1ncc2c(n1)CN(CC(C)C)C2. The fraction of sp³-hybridized carbons (Fsp3) is 0.667. The summed E-state index contributed by atoms with van der Waals surface area (Å²) in [6.07, 6.45) is 1.66. The molecular weight excluding hydrogens is 250 g/mol. The zero-order valence-corrected chi connectivity index (χ0v) is 11.9. The molecule has 18 heavy (non-hydrogen) atoms. The molecule has 5 nitrogen and oxygen atoms in total. The van der Waals surface area contributed by atoms with Crippen LogP contribution in [0, 0.1) is 5.92 Å². The van der Waals surface area contributed by atoms with Gasteiger partial charge in [0.05, 0.1) is 11.4 Å².